The lowest BCUT2D eigenvalue weighted by atomic mass is 9.89. The summed E-state index contributed by atoms with van der Waals surface area (Å²) in [7, 11) is -1.97. The van der Waals surface area contributed by atoms with Crippen molar-refractivity contribution in [2.24, 2.45) is 5.11 Å². The van der Waals surface area contributed by atoms with Crippen LogP contribution >= 0.6 is 0 Å². The second-order valence-electron chi connectivity index (χ2n) is 5.23. The zero-order valence-electron chi connectivity index (χ0n) is 9.51. The van der Waals surface area contributed by atoms with Crippen molar-refractivity contribution in [3.05, 3.63) is 10.4 Å². The Labute approximate surface area is 90.8 Å². The minimum absolute atomic E-state index is 0.611. The fourth-order valence-corrected chi connectivity index (χ4v) is 5.16. The van der Waals surface area contributed by atoms with Crippen LogP contribution in [0.1, 0.15) is 19.3 Å². The Kier molecular flexibility index (Phi) is 3.45. The van der Waals surface area contributed by atoms with Crippen molar-refractivity contribution in [2.75, 3.05) is 0 Å². The third kappa shape index (κ3) is 1.90. The molecule has 6 heteroatoms. The molecule has 1 rings (SSSR count). The van der Waals surface area contributed by atoms with E-state index >= 15 is 0 Å². The van der Waals surface area contributed by atoms with Gasteiger partial charge in [0.25, 0.3) is 0 Å². The molecule has 86 valence electrons. The van der Waals surface area contributed by atoms with Crippen molar-refractivity contribution < 1.29 is 10.2 Å². The summed E-state index contributed by atoms with van der Waals surface area (Å²) >= 11 is 0. The van der Waals surface area contributed by atoms with Crippen LogP contribution in [0.4, 0.5) is 0 Å². The molecular formula is C9H19N3O2Si. The van der Waals surface area contributed by atoms with Crippen molar-refractivity contribution in [1.82, 2.24) is 0 Å². The van der Waals surface area contributed by atoms with Crippen LogP contribution in [0.3, 0.4) is 0 Å². The normalized spacial score (nSPS) is 37.1. The molecule has 0 spiro atoms. The lowest BCUT2D eigenvalue weighted by molar-refractivity contribution is -0.00821. The molecule has 0 bridgehead atoms. The molecule has 0 radical (unpaired) electrons. The van der Waals surface area contributed by atoms with E-state index in [9.17, 15) is 10.2 Å². The Morgan fingerprint density at radius 2 is 1.73 bits per heavy atom. The van der Waals surface area contributed by atoms with Crippen LogP contribution in [0.15, 0.2) is 5.11 Å². The predicted octanol–water partition coefficient (Wildman–Crippen LogP) is 1.82. The quantitative estimate of drug-likeness (QED) is 0.327. The zero-order chi connectivity index (χ0) is 11.7. The molecule has 1 aliphatic carbocycles. The van der Waals surface area contributed by atoms with Crippen molar-refractivity contribution in [3.8, 4) is 0 Å². The summed E-state index contributed by atoms with van der Waals surface area (Å²) in [5.74, 6) is 0. The third-order valence-electron chi connectivity index (χ3n) is 3.38. The van der Waals surface area contributed by atoms with Crippen LogP contribution < -0.4 is 0 Å². The summed E-state index contributed by atoms with van der Waals surface area (Å²) in [4.78, 5) is 2.84. The van der Waals surface area contributed by atoms with Crippen molar-refractivity contribution in [2.45, 2.75) is 56.3 Å². The first-order valence-corrected chi connectivity index (χ1v) is 8.78. The fourth-order valence-electron chi connectivity index (χ4n) is 2.52. The summed E-state index contributed by atoms with van der Waals surface area (Å²) in [6, 6.07) is 0. The SMILES string of the molecule is C[Si](C)(C)C1(N=[N+]=[N-])[C@H](O)CCC[C@@H]1O. The molecule has 5 nitrogen and oxygen atoms in total. The van der Waals surface area contributed by atoms with Crippen LogP contribution in [0.25, 0.3) is 10.4 Å². The Hall–Kier alpha value is -0.553. The summed E-state index contributed by atoms with van der Waals surface area (Å²) in [6.07, 6.45) is 0.601. The van der Waals surface area contributed by atoms with E-state index in [2.05, 4.69) is 10.0 Å². The number of azide groups is 1. The van der Waals surface area contributed by atoms with Crippen LogP contribution in [0.5, 0.6) is 0 Å². The summed E-state index contributed by atoms with van der Waals surface area (Å²) < 4.78 is 0. The van der Waals surface area contributed by atoms with Crippen LogP contribution in [0.2, 0.25) is 19.6 Å². The number of hydrogen-bond acceptors (Lipinski definition) is 3. The monoisotopic (exact) mass is 229 g/mol. The second kappa shape index (κ2) is 4.13. The highest BCUT2D eigenvalue weighted by atomic mass is 28.3. The Morgan fingerprint density at radius 3 is 2.07 bits per heavy atom. The third-order valence-corrected chi connectivity index (χ3v) is 6.55. The van der Waals surface area contributed by atoms with Gasteiger partial charge in [0.2, 0.25) is 0 Å². The molecule has 1 fully saturated rings. The first-order chi connectivity index (χ1) is 6.86. The number of aliphatic hydroxyl groups excluding tert-OH is 2. The topological polar surface area (TPSA) is 89.2 Å². The smallest absolute Gasteiger partial charge is 0.0926 e. The van der Waals surface area contributed by atoms with Gasteiger partial charge in [-0.1, -0.05) is 24.8 Å². The van der Waals surface area contributed by atoms with E-state index in [1.807, 2.05) is 19.6 Å². The minimum atomic E-state index is -1.97. The molecule has 0 aliphatic heterocycles. The number of aliphatic hydroxyl groups is 2. The van der Waals surface area contributed by atoms with E-state index < -0.39 is 25.4 Å². The molecule has 15 heavy (non-hydrogen) atoms. The van der Waals surface area contributed by atoms with Gasteiger partial charge in [0.15, 0.2) is 0 Å². The van der Waals surface area contributed by atoms with Crippen LogP contribution in [-0.2, 0) is 0 Å². The largest absolute Gasteiger partial charge is 0.393 e. The Morgan fingerprint density at radius 1 is 1.27 bits per heavy atom. The molecule has 1 saturated carbocycles. The molecule has 3 atom stereocenters. The van der Waals surface area contributed by atoms with E-state index in [1.165, 1.54) is 0 Å². The lowest BCUT2D eigenvalue weighted by Gasteiger charge is -2.49. The molecule has 0 amide bonds. The molecular weight excluding hydrogens is 210 g/mol. The average molecular weight is 229 g/mol. The first-order valence-electron chi connectivity index (χ1n) is 5.28. The van der Waals surface area contributed by atoms with Gasteiger partial charge >= 0.3 is 0 Å². The summed E-state index contributed by atoms with van der Waals surface area (Å²) in [5.41, 5.74) is 8.64. The summed E-state index contributed by atoms with van der Waals surface area (Å²) in [6.45, 7) is 6.04. The van der Waals surface area contributed by atoms with Crippen molar-refractivity contribution >= 4 is 8.07 Å². The summed E-state index contributed by atoms with van der Waals surface area (Å²) in [5, 5.41) is 23.0. The number of nitrogens with zero attached hydrogens (tertiary/aromatic N) is 3. The van der Waals surface area contributed by atoms with Gasteiger partial charge in [0, 0.05) is 4.91 Å². The molecule has 2 N–H and O–H groups in total. The van der Waals surface area contributed by atoms with E-state index in [1.54, 1.807) is 0 Å². The van der Waals surface area contributed by atoms with E-state index in [4.69, 9.17) is 5.53 Å². The van der Waals surface area contributed by atoms with Gasteiger partial charge in [-0.05, 0) is 24.8 Å². The molecule has 0 aromatic rings. The highest BCUT2D eigenvalue weighted by molar-refractivity contribution is 6.79. The van der Waals surface area contributed by atoms with Gasteiger partial charge < -0.3 is 10.2 Å². The van der Waals surface area contributed by atoms with Crippen molar-refractivity contribution in [3.63, 3.8) is 0 Å². The van der Waals surface area contributed by atoms with Crippen LogP contribution in [0, 0.1) is 0 Å². The Balaban J connectivity index is 3.22. The minimum Gasteiger partial charge on any atom is -0.393 e. The molecule has 1 unspecified atom stereocenters. The molecule has 0 saturated heterocycles. The highest BCUT2D eigenvalue weighted by Crippen LogP contribution is 2.40. The Bertz CT molecular complexity index is 274. The number of rotatable bonds is 2. The fraction of sp³-hybridized carbons (Fsp3) is 1.00. The first kappa shape index (κ1) is 12.5. The molecule has 1 aliphatic rings. The van der Waals surface area contributed by atoms with Crippen LogP contribution in [-0.4, -0.2) is 35.7 Å². The van der Waals surface area contributed by atoms with Gasteiger partial charge in [-0.2, -0.15) is 0 Å². The standard InChI is InChI=1S/C9H19N3O2Si/c1-15(2,3)9(11-12-10)7(13)5-4-6-8(9)14/h7-8,13-14H,4-6H2,1-3H3/t7-,8+,9?. The van der Waals surface area contributed by atoms with E-state index in [0.717, 1.165) is 6.42 Å². The van der Waals surface area contributed by atoms with Crippen molar-refractivity contribution in [1.29, 1.82) is 0 Å². The average Bonchev–Trinajstić information content (AvgIpc) is 2.09. The van der Waals surface area contributed by atoms with Gasteiger partial charge in [-0.3, -0.25) is 0 Å². The zero-order valence-corrected chi connectivity index (χ0v) is 10.5. The lowest BCUT2D eigenvalue weighted by Crippen LogP contribution is -2.66. The predicted molar refractivity (Wildman–Crippen MR) is 61.1 cm³/mol. The number of hydrogen-bond donors (Lipinski definition) is 2. The van der Waals surface area contributed by atoms with E-state index in [0.29, 0.717) is 12.8 Å². The maximum absolute atomic E-state index is 10.1. The molecule has 0 aromatic heterocycles. The molecule has 0 aromatic carbocycles. The van der Waals surface area contributed by atoms with E-state index in [-0.39, 0.29) is 0 Å². The van der Waals surface area contributed by atoms with Gasteiger partial charge in [-0.25, -0.2) is 0 Å². The van der Waals surface area contributed by atoms with Gasteiger partial charge in [-0.15, -0.1) is 0 Å². The second-order valence-corrected chi connectivity index (χ2v) is 10.5. The van der Waals surface area contributed by atoms with Gasteiger partial charge in [0.05, 0.1) is 25.4 Å². The maximum Gasteiger partial charge on any atom is 0.0926 e. The van der Waals surface area contributed by atoms with Gasteiger partial charge in [0.1, 0.15) is 0 Å². The maximum atomic E-state index is 10.1. The highest BCUT2D eigenvalue weighted by Gasteiger charge is 2.54. The molecule has 0 heterocycles.